The second kappa shape index (κ2) is 6.16. The maximum atomic E-state index is 14.0. The zero-order chi connectivity index (χ0) is 18.4. The van der Waals surface area contributed by atoms with Gasteiger partial charge >= 0.3 is 0 Å². The molecule has 2 N–H and O–H groups in total. The first-order valence-electron chi connectivity index (χ1n) is 6.93. The lowest BCUT2D eigenvalue weighted by molar-refractivity contribution is 0.393. The predicted molar refractivity (Wildman–Crippen MR) is 89.6 cm³/mol. The zero-order valence-corrected chi connectivity index (χ0v) is 14.6. The molecule has 0 bridgehead atoms. The van der Waals surface area contributed by atoms with E-state index in [0.29, 0.717) is 5.56 Å². The Morgan fingerprint density at radius 3 is 2.68 bits per heavy atom. The van der Waals surface area contributed by atoms with Gasteiger partial charge in [-0.05, 0) is 25.1 Å². The van der Waals surface area contributed by atoms with Gasteiger partial charge in [0.2, 0.25) is 5.88 Å². The maximum Gasteiger partial charge on any atom is 0.265 e. The number of anilines is 1. The monoisotopic (exact) mass is 387 g/mol. The van der Waals surface area contributed by atoms with Gasteiger partial charge in [-0.2, -0.15) is 4.98 Å². The Hall–Kier alpha value is -2.39. The van der Waals surface area contributed by atoms with Crippen molar-refractivity contribution in [3.05, 3.63) is 46.6 Å². The first-order valence-corrected chi connectivity index (χ1v) is 8.79. The molecule has 0 aliphatic carbocycles. The molecule has 0 unspecified atom stereocenters. The molecule has 0 radical (unpaired) electrons. The summed E-state index contributed by atoms with van der Waals surface area (Å²) < 4.78 is 59.8. The van der Waals surface area contributed by atoms with Crippen LogP contribution in [0, 0.1) is 18.6 Å². The van der Waals surface area contributed by atoms with Crippen molar-refractivity contribution in [3.8, 4) is 5.88 Å². The van der Waals surface area contributed by atoms with Crippen molar-refractivity contribution in [2.75, 3.05) is 11.8 Å². The van der Waals surface area contributed by atoms with Crippen LogP contribution in [0.1, 0.15) is 5.56 Å². The molecule has 1 aromatic carbocycles. The van der Waals surface area contributed by atoms with E-state index in [1.54, 1.807) is 6.92 Å². The van der Waals surface area contributed by atoms with Gasteiger partial charge in [0, 0.05) is 17.1 Å². The maximum absolute atomic E-state index is 14.0. The van der Waals surface area contributed by atoms with Gasteiger partial charge in [-0.15, -0.1) is 0 Å². The molecule has 0 aliphatic heterocycles. The summed E-state index contributed by atoms with van der Waals surface area (Å²) in [4.78, 5) is 6.20. The number of nitrogens with one attached hydrogen (secondary N) is 2. The van der Waals surface area contributed by atoms with Crippen molar-refractivity contribution in [1.29, 1.82) is 0 Å². The Balaban J connectivity index is 2.08. The molecule has 0 aliphatic rings. The minimum absolute atomic E-state index is 0.0862. The van der Waals surface area contributed by atoms with Crippen LogP contribution in [-0.2, 0) is 10.0 Å². The number of aromatic nitrogens is 2. The van der Waals surface area contributed by atoms with Crippen molar-refractivity contribution < 1.29 is 21.9 Å². The molecule has 2 aromatic heterocycles. The summed E-state index contributed by atoms with van der Waals surface area (Å²) in [6.07, 6.45) is 1.14. The molecule has 3 rings (SSSR count). The number of pyridine rings is 1. The molecule has 132 valence electrons. The molecule has 25 heavy (non-hydrogen) atoms. The van der Waals surface area contributed by atoms with Gasteiger partial charge in [0.15, 0.2) is 11.6 Å². The summed E-state index contributed by atoms with van der Waals surface area (Å²) in [7, 11) is -2.87. The van der Waals surface area contributed by atoms with Crippen LogP contribution in [0.15, 0.2) is 29.3 Å². The van der Waals surface area contributed by atoms with Crippen LogP contribution in [0.5, 0.6) is 5.88 Å². The summed E-state index contributed by atoms with van der Waals surface area (Å²) in [5.41, 5.74) is 0.536. The topological polar surface area (TPSA) is 84.1 Å². The average Bonchev–Trinajstić information content (AvgIpc) is 2.99. The predicted octanol–water partition coefficient (Wildman–Crippen LogP) is 3.61. The first-order chi connectivity index (χ1) is 11.7. The second-order valence-electron chi connectivity index (χ2n) is 5.19. The lowest BCUT2D eigenvalue weighted by Gasteiger charge is -2.10. The van der Waals surface area contributed by atoms with Gasteiger partial charge in [-0.3, -0.25) is 4.72 Å². The molecule has 0 saturated carbocycles. The highest BCUT2D eigenvalue weighted by Crippen LogP contribution is 2.31. The van der Waals surface area contributed by atoms with Crippen LogP contribution >= 0.6 is 11.6 Å². The number of sulfonamides is 1. The van der Waals surface area contributed by atoms with Crippen LogP contribution in [0.25, 0.3) is 10.9 Å². The van der Waals surface area contributed by atoms with Gasteiger partial charge in [0.05, 0.1) is 12.6 Å². The fourth-order valence-electron chi connectivity index (χ4n) is 2.36. The number of hydrogen-bond donors (Lipinski definition) is 2. The molecule has 2 heterocycles. The average molecular weight is 388 g/mol. The van der Waals surface area contributed by atoms with Crippen molar-refractivity contribution in [2.24, 2.45) is 0 Å². The molecule has 3 aromatic rings. The van der Waals surface area contributed by atoms with Crippen LogP contribution in [0.3, 0.4) is 0 Å². The van der Waals surface area contributed by atoms with Crippen molar-refractivity contribution in [1.82, 2.24) is 9.97 Å². The number of hydrogen-bond acceptors (Lipinski definition) is 4. The van der Waals surface area contributed by atoms with Gasteiger partial charge in [-0.1, -0.05) is 11.6 Å². The number of methoxy groups -OCH3 is 1. The third kappa shape index (κ3) is 3.00. The van der Waals surface area contributed by atoms with E-state index in [-0.39, 0.29) is 26.7 Å². The Kier molecular flexibility index (Phi) is 4.29. The normalized spacial score (nSPS) is 11.7. The summed E-state index contributed by atoms with van der Waals surface area (Å²) in [5, 5.41) is -0.0707. The van der Waals surface area contributed by atoms with Crippen molar-refractivity contribution >= 4 is 38.3 Å². The smallest absolute Gasteiger partial charge is 0.265 e. The van der Waals surface area contributed by atoms with Crippen molar-refractivity contribution in [2.45, 2.75) is 11.8 Å². The Bertz CT molecular complexity index is 1080. The van der Waals surface area contributed by atoms with E-state index in [1.165, 1.54) is 13.2 Å². The SMILES string of the molecule is COc1nc(NS(=O)(=O)c2c[nH]c3c(Cl)c(F)ccc23)c(F)cc1C. The Morgan fingerprint density at radius 1 is 1.28 bits per heavy atom. The molecular formula is C15H12ClF2N3O3S. The number of H-pyrrole nitrogens is 1. The molecule has 0 spiro atoms. The van der Waals surface area contributed by atoms with Crippen LogP contribution in [0.2, 0.25) is 5.02 Å². The zero-order valence-electron chi connectivity index (χ0n) is 13.0. The third-order valence-corrected chi connectivity index (χ3v) is 5.29. The summed E-state index contributed by atoms with van der Waals surface area (Å²) in [6.45, 7) is 1.57. The fraction of sp³-hybridized carbons (Fsp3) is 0.133. The number of ether oxygens (including phenoxy) is 1. The second-order valence-corrected chi connectivity index (χ2v) is 7.22. The Labute approximate surface area is 146 Å². The number of nitrogens with zero attached hydrogens (tertiary/aromatic N) is 1. The summed E-state index contributed by atoms with van der Waals surface area (Å²) >= 11 is 5.82. The van der Waals surface area contributed by atoms with Crippen molar-refractivity contribution in [3.63, 3.8) is 0 Å². The number of fused-ring (bicyclic) bond motifs is 1. The van der Waals surface area contributed by atoms with Gasteiger partial charge in [0.25, 0.3) is 10.0 Å². The number of halogens is 3. The van der Waals surface area contributed by atoms with Crippen LogP contribution in [0.4, 0.5) is 14.6 Å². The summed E-state index contributed by atoms with van der Waals surface area (Å²) in [5.74, 6) is -1.97. The van der Waals surface area contributed by atoms with E-state index >= 15 is 0 Å². The standard InChI is InChI=1S/C15H12ClF2N3O3S/c1-7-5-10(18)14(20-15(7)24-2)21-25(22,23)11-6-19-13-8(11)3-4-9(17)12(13)16/h3-6,19H,1-2H3,(H,20,21). The molecule has 6 nitrogen and oxygen atoms in total. The van der Waals surface area contributed by atoms with Crippen LogP contribution < -0.4 is 9.46 Å². The lowest BCUT2D eigenvalue weighted by atomic mass is 10.2. The number of aryl methyl sites for hydroxylation is 1. The highest BCUT2D eigenvalue weighted by Gasteiger charge is 2.23. The molecule has 0 atom stereocenters. The van der Waals surface area contributed by atoms with Crippen LogP contribution in [-0.4, -0.2) is 25.5 Å². The van der Waals surface area contributed by atoms with Gasteiger partial charge in [0.1, 0.15) is 15.7 Å². The van der Waals surface area contributed by atoms with E-state index in [0.717, 1.165) is 18.3 Å². The quantitative estimate of drug-likeness (QED) is 0.716. The number of rotatable bonds is 4. The Morgan fingerprint density at radius 2 is 2.00 bits per heavy atom. The van der Waals surface area contributed by atoms with E-state index in [9.17, 15) is 17.2 Å². The molecule has 0 fully saturated rings. The third-order valence-electron chi connectivity index (χ3n) is 3.54. The lowest BCUT2D eigenvalue weighted by Crippen LogP contribution is -2.15. The van der Waals surface area contributed by atoms with E-state index in [2.05, 4.69) is 14.7 Å². The largest absolute Gasteiger partial charge is 0.481 e. The molecular weight excluding hydrogens is 376 g/mol. The minimum atomic E-state index is -4.21. The number of aromatic amines is 1. The molecule has 0 saturated heterocycles. The van der Waals surface area contributed by atoms with Gasteiger partial charge < -0.3 is 9.72 Å². The highest BCUT2D eigenvalue weighted by molar-refractivity contribution is 7.93. The minimum Gasteiger partial charge on any atom is -0.481 e. The van der Waals surface area contributed by atoms with E-state index in [1.807, 2.05) is 0 Å². The molecule has 10 heteroatoms. The van der Waals surface area contributed by atoms with E-state index in [4.69, 9.17) is 16.3 Å². The highest BCUT2D eigenvalue weighted by atomic mass is 35.5. The van der Waals surface area contributed by atoms with Gasteiger partial charge in [-0.25, -0.2) is 17.2 Å². The molecule has 0 amide bonds. The fourth-order valence-corrected chi connectivity index (χ4v) is 3.76. The number of benzene rings is 1. The first kappa shape index (κ1) is 17.4. The van der Waals surface area contributed by atoms with E-state index < -0.39 is 27.5 Å². The summed E-state index contributed by atoms with van der Waals surface area (Å²) in [6, 6.07) is 3.41.